The molecular formula is C46H28N6. The molecule has 6 nitrogen and oxygen atoms in total. The predicted octanol–water partition coefficient (Wildman–Crippen LogP) is 11.6. The van der Waals surface area contributed by atoms with Crippen molar-refractivity contribution in [1.29, 1.82) is 0 Å². The molecule has 0 saturated heterocycles. The van der Waals surface area contributed by atoms with Crippen LogP contribution < -0.4 is 0 Å². The molecule has 0 unspecified atom stereocenters. The third kappa shape index (κ3) is 4.68. The second kappa shape index (κ2) is 11.9. The van der Waals surface area contributed by atoms with Crippen molar-refractivity contribution in [1.82, 2.24) is 24.1 Å². The Kier molecular flexibility index (Phi) is 6.76. The SMILES string of the molecule is [C-]#[N+]c1ccc(-n2c3ccccc3c3c2ccc2c4ccccc4n(-c4ccc(-c5nc(-c6ccccc6)nc(-c6ccccc6)n5)cc4)c23)cc1. The van der Waals surface area contributed by atoms with Crippen molar-refractivity contribution in [2.75, 3.05) is 0 Å². The van der Waals surface area contributed by atoms with E-state index in [4.69, 9.17) is 21.5 Å². The van der Waals surface area contributed by atoms with Crippen molar-refractivity contribution < 1.29 is 0 Å². The summed E-state index contributed by atoms with van der Waals surface area (Å²) >= 11 is 0. The zero-order valence-corrected chi connectivity index (χ0v) is 27.8. The van der Waals surface area contributed by atoms with Crippen molar-refractivity contribution >= 4 is 49.3 Å². The van der Waals surface area contributed by atoms with Gasteiger partial charge < -0.3 is 9.13 Å². The number of benzene rings is 7. The van der Waals surface area contributed by atoms with Crippen molar-refractivity contribution in [2.24, 2.45) is 0 Å². The summed E-state index contributed by atoms with van der Waals surface area (Å²) in [5.74, 6) is 1.90. The van der Waals surface area contributed by atoms with Crippen molar-refractivity contribution in [3.8, 4) is 45.5 Å². The summed E-state index contributed by atoms with van der Waals surface area (Å²) in [7, 11) is 0. The van der Waals surface area contributed by atoms with Crippen LogP contribution in [-0.4, -0.2) is 24.1 Å². The van der Waals surface area contributed by atoms with Gasteiger partial charge in [-0.2, -0.15) is 0 Å². The van der Waals surface area contributed by atoms with Crippen LogP contribution in [0.25, 0.3) is 94.0 Å². The fourth-order valence-electron chi connectivity index (χ4n) is 7.43. The van der Waals surface area contributed by atoms with Gasteiger partial charge in [-0.15, -0.1) is 0 Å². The van der Waals surface area contributed by atoms with E-state index in [2.05, 4.69) is 98.9 Å². The highest BCUT2D eigenvalue weighted by atomic mass is 15.0. The van der Waals surface area contributed by atoms with E-state index in [1.807, 2.05) is 84.9 Å². The van der Waals surface area contributed by atoms with E-state index in [1.54, 1.807) is 0 Å². The summed E-state index contributed by atoms with van der Waals surface area (Å²) in [5, 5.41) is 4.74. The minimum Gasteiger partial charge on any atom is -0.309 e. The van der Waals surface area contributed by atoms with Gasteiger partial charge in [0.05, 0.1) is 28.6 Å². The highest BCUT2D eigenvalue weighted by molar-refractivity contribution is 6.26. The van der Waals surface area contributed by atoms with Crippen LogP contribution in [0.3, 0.4) is 0 Å². The Morgan fingerprint density at radius 2 is 0.865 bits per heavy atom. The van der Waals surface area contributed by atoms with Crippen LogP contribution in [0.15, 0.2) is 170 Å². The highest BCUT2D eigenvalue weighted by Gasteiger charge is 2.21. The standard InChI is InChI=1S/C46H28N6/c1-47-33-22-26-34(27-23-33)51-40-19-11-9-17-38(40)42-41(51)29-28-37-36-16-8-10-18-39(36)52(43(37)42)35-24-20-32(21-25-35)46-49-44(30-12-4-2-5-13-30)48-45(50-46)31-14-6-3-7-15-31/h2-29H. The normalized spacial score (nSPS) is 11.4. The summed E-state index contributed by atoms with van der Waals surface area (Å²) in [5.41, 5.74) is 9.99. The molecule has 0 aliphatic carbocycles. The quantitative estimate of drug-likeness (QED) is 0.172. The van der Waals surface area contributed by atoms with Crippen LogP contribution in [0.5, 0.6) is 0 Å². The van der Waals surface area contributed by atoms with Crippen LogP contribution in [-0.2, 0) is 0 Å². The Balaban J connectivity index is 1.19. The maximum atomic E-state index is 7.46. The fourth-order valence-corrected chi connectivity index (χ4v) is 7.43. The first-order chi connectivity index (χ1) is 25.7. The average molecular weight is 665 g/mol. The number of fused-ring (bicyclic) bond motifs is 7. The molecule has 0 amide bonds. The van der Waals surface area contributed by atoms with Crippen molar-refractivity contribution in [3.63, 3.8) is 0 Å². The van der Waals surface area contributed by atoms with E-state index in [0.717, 1.165) is 50.1 Å². The average Bonchev–Trinajstić information content (AvgIpc) is 3.74. The lowest BCUT2D eigenvalue weighted by molar-refractivity contribution is 1.07. The first-order valence-electron chi connectivity index (χ1n) is 17.2. The molecule has 0 fully saturated rings. The van der Waals surface area contributed by atoms with Gasteiger partial charge in [0.1, 0.15) is 0 Å². The summed E-state index contributed by atoms with van der Waals surface area (Å²) in [4.78, 5) is 18.4. The lowest BCUT2D eigenvalue weighted by Gasteiger charge is -2.12. The molecule has 6 heteroatoms. The molecule has 0 spiro atoms. The minimum absolute atomic E-state index is 0.621. The number of hydrogen-bond acceptors (Lipinski definition) is 3. The molecule has 0 aliphatic rings. The first kappa shape index (κ1) is 29.5. The molecule has 0 N–H and O–H groups in total. The van der Waals surface area contributed by atoms with E-state index in [0.29, 0.717) is 23.2 Å². The molecule has 0 aliphatic heterocycles. The lowest BCUT2D eigenvalue weighted by Crippen LogP contribution is -2.00. The second-order valence-electron chi connectivity index (χ2n) is 12.8. The zero-order chi connectivity index (χ0) is 34.6. The van der Waals surface area contributed by atoms with Crippen LogP contribution >= 0.6 is 0 Å². The number of rotatable bonds is 5. The maximum absolute atomic E-state index is 7.46. The van der Waals surface area contributed by atoms with Crippen LogP contribution in [0.1, 0.15) is 0 Å². The molecule has 10 rings (SSSR count). The Bertz CT molecular complexity index is 2930. The first-order valence-corrected chi connectivity index (χ1v) is 17.2. The summed E-state index contributed by atoms with van der Waals surface area (Å²) in [6, 6.07) is 58.2. The molecule has 7 aromatic carbocycles. The van der Waals surface area contributed by atoms with Crippen molar-refractivity contribution in [2.45, 2.75) is 0 Å². The van der Waals surface area contributed by atoms with Crippen LogP contribution in [0, 0.1) is 6.57 Å². The van der Waals surface area contributed by atoms with Gasteiger partial charge in [0.25, 0.3) is 0 Å². The number of aromatic nitrogens is 5. The van der Waals surface area contributed by atoms with E-state index >= 15 is 0 Å². The van der Waals surface area contributed by atoms with E-state index in [-0.39, 0.29) is 0 Å². The van der Waals surface area contributed by atoms with E-state index in [1.165, 1.54) is 21.5 Å². The Morgan fingerprint density at radius 3 is 1.46 bits per heavy atom. The molecule has 0 saturated carbocycles. The monoisotopic (exact) mass is 664 g/mol. The third-order valence-corrected chi connectivity index (χ3v) is 9.79. The van der Waals surface area contributed by atoms with Gasteiger partial charge in [-0.25, -0.2) is 19.8 Å². The summed E-state index contributed by atoms with van der Waals surface area (Å²) in [6.07, 6.45) is 0. The van der Waals surface area contributed by atoms with Gasteiger partial charge >= 0.3 is 0 Å². The molecule has 0 atom stereocenters. The minimum atomic E-state index is 0.621. The van der Waals surface area contributed by atoms with Gasteiger partial charge in [0.2, 0.25) is 0 Å². The smallest absolute Gasteiger partial charge is 0.187 e. The molecular weight excluding hydrogens is 637 g/mol. The molecule has 52 heavy (non-hydrogen) atoms. The molecule has 0 bridgehead atoms. The van der Waals surface area contributed by atoms with Gasteiger partial charge in [-0.05, 0) is 54.6 Å². The zero-order valence-electron chi connectivity index (χ0n) is 27.8. The summed E-state index contributed by atoms with van der Waals surface area (Å²) < 4.78 is 4.69. The van der Waals surface area contributed by atoms with Crippen molar-refractivity contribution in [3.05, 3.63) is 181 Å². The molecule has 242 valence electrons. The Morgan fingerprint density at radius 1 is 0.385 bits per heavy atom. The Labute approximate surface area is 299 Å². The van der Waals surface area contributed by atoms with E-state index in [9.17, 15) is 0 Å². The largest absolute Gasteiger partial charge is 0.309 e. The molecule has 10 aromatic rings. The molecule has 3 aromatic heterocycles. The number of hydrogen-bond donors (Lipinski definition) is 0. The van der Waals surface area contributed by atoms with Gasteiger partial charge in [-0.1, -0.05) is 115 Å². The Hall–Kier alpha value is -7.36. The van der Waals surface area contributed by atoms with E-state index < -0.39 is 0 Å². The fraction of sp³-hybridized carbons (Fsp3) is 0. The number of para-hydroxylation sites is 2. The lowest BCUT2D eigenvalue weighted by atomic mass is 10.1. The highest BCUT2D eigenvalue weighted by Crippen LogP contribution is 2.42. The summed E-state index contributed by atoms with van der Waals surface area (Å²) in [6.45, 7) is 7.46. The van der Waals surface area contributed by atoms with Gasteiger partial charge in [0, 0.05) is 49.6 Å². The van der Waals surface area contributed by atoms with Crippen LogP contribution in [0.2, 0.25) is 0 Å². The molecule has 0 radical (unpaired) electrons. The maximum Gasteiger partial charge on any atom is 0.187 e. The van der Waals surface area contributed by atoms with Gasteiger partial charge in [0.15, 0.2) is 23.2 Å². The van der Waals surface area contributed by atoms with Gasteiger partial charge in [-0.3, -0.25) is 0 Å². The second-order valence-corrected chi connectivity index (χ2v) is 12.8. The molecule has 3 heterocycles. The predicted molar refractivity (Wildman–Crippen MR) is 211 cm³/mol. The number of nitrogens with zero attached hydrogens (tertiary/aromatic N) is 6. The third-order valence-electron chi connectivity index (χ3n) is 9.79. The van der Waals surface area contributed by atoms with Crippen LogP contribution in [0.4, 0.5) is 5.69 Å². The topological polar surface area (TPSA) is 52.9 Å².